The number of amides is 2. The van der Waals surface area contributed by atoms with Crippen LogP contribution < -0.4 is 10.0 Å². The fraction of sp³-hybridized carbons (Fsp3) is 0.562. The van der Waals surface area contributed by atoms with Crippen LogP contribution in [0, 0.1) is 5.82 Å². The lowest BCUT2D eigenvalue weighted by Crippen LogP contribution is -2.48. The Balaban J connectivity index is 1.92. The van der Waals surface area contributed by atoms with Crippen LogP contribution in [0.25, 0.3) is 0 Å². The van der Waals surface area contributed by atoms with Gasteiger partial charge >= 0.3 is 12.2 Å². The first kappa shape index (κ1) is 21.4. The lowest BCUT2D eigenvalue weighted by molar-refractivity contribution is -0.139. The molecule has 0 spiro atoms. The van der Waals surface area contributed by atoms with Crippen LogP contribution in [-0.4, -0.2) is 43.7 Å². The van der Waals surface area contributed by atoms with E-state index in [4.69, 9.17) is 0 Å². The average molecular weight is 411 g/mol. The third-order valence-corrected chi connectivity index (χ3v) is 6.16. The van der Waals surface area contributed by atoms with Crippen LogP contribution in [0.3, 0.4) is 0 Å². The van der Waals surface area contributed by atoms with E-state index in [0.717, 1.165) is 6.07 Å². The summed E-state index contributed by atoms with van der Waals surface area (Å²) in [5.74, 6) is -1.47. The molecule has 6 nitrogen and oxygen atoms in total. The highest BCUT2D eigenvalue weighted by atomic mass is 32.2. The van der Waals surface area contributed by atoms with Gasteiger partial charge in [0.2, 0.25) is 10.0 Å². The maximum Gasteiger partial charge on any atom is 0.419 e. The summed E-state index contributed by atoms with van der Waals surface area (Å²) in [5.41, 5.74) is -1.49. The monoisotopic (exact) mass is 411 g/mol. The van der Waals surface area contributed by atoms with Crippen molar-refractivity contribution in [3.05, 3.63) is 29.6 Å². The van der Waals surface area contributed by atoms with Crippen LogP contribution in [-0.2, 0) is 16.2 Å². The van der Waals surface area contributed by atoms with Gasteiger partial charge in [-0.3, -0.25) is 0 Å². The number of benzene rings is 1. The molecule has 0 atom stereocenters. The van der Waals surface area contributed by atoms with E-state index in [1.54, 1.807) is 13.8 Å². The minimum absolute atomic E-state index is 0.0897. The molecule has 2 rings (SSSR count). The van der Waals surface area contributed by atoms with Crippen molar-refractivity contribution in [1.82, 2.24) is 9.62 Å². The molecule has 2 N–H and O–H groups in total. The number of alkyl halides is 3. The summed E-state index contributed by atoms with van der Waals surface area (Å²) in [6.45, 7) is 3.66. The van der Waals surface area contributed by atoms with Crippen molar-refractivity contribution in [1.29, 1.82) is 0 Å². The number of likely N-dealkylation sites (tertiary alicyclic amines) is 1. The van der Waals surface area contributed by atoms with Gasteiger partial charge in [0.15, 0.2) is 0 Å². The molecule has 11 heteroatoms. The highest BCUT2D eigenvalue weighted by Gasteiger charge is 2.34. The Bertz CT molecular complexity index is 789. The number of halogens is 4. The Labute approximate surface area is 155 Å². The number of sulfonamides is 1. The largest absolute Gasteiger partial charge is 0.419 e. The zero-order chi connectivity index (χ0) is 20.4. The van der Waals surface area contributed by atoms with Crippen molar-refractivity contribution in [2.24, 2.45) is 0 Å². The van der Waals surface area contributed by atoms with Crippen molar-refractivity contribution in [3.8, 4) is 0 Å². The van der Waals surface area contributed by atoms with Gasteiger partial charge in [0.25, 0.3) is 0 Å². The van der Waals surface area contributed by atoms with Gasteiger partial charge in [0.05, 0.1) is 10.8 Å². The fourth-order valence-corrected chi connectivity index (χ4v) is 3.57. The van der Waals surface area contributed by atoms with Gasteiger partial charge in [-0.1, -0.05) is 0 Å². The van der Waals surface area contributed by atoms with E-state index in [1.807, 2.05) is 0 Å². The summed E-state index contributed by atoms with van der Waals surface area (Å²) in [5, 5.41) is 1.79. The molecule has 1 fully saturated rings. The van der Waals surface area contributed by atoms with Gasteiger partial charge in [-0.05, 0) is 44.9 Å². The van der Waals surface area contributed by atoms with Crippen molar-refractivity contribution in [3.63, 3.8) is 0 Å². The van der Waals surface area contributed by atoms with Crippen molar-refractivity contribution >= 4 is 21.7 Å². The lowest BCUT2D eigenvalue weighted by atomic mass is 10.1. The summed E-state index contributed by atoms with van der Waals surface area (Å²) in [7, 11) is -3.41. The molecule has 2 amide bonds. The van der Waals surface area contributed by atoms with E-state index < -0.39 is 38.9 Å². The number of hydrogen-bond acceptors (Lipinski definition) is 3. The highest BCUT2D eigenvalue weighted by Crippen LogP contribution is 2.32. The topological polar surface area (TPSA) is 78.5 Å². The first-order valence-electron chi connectivity index (χ1n) is 8.34. The quantitative estimate of drug-likeness (QED) is 0.747. The summed E-state index contributed by atoms with van der Waals surface area (Å²) in [6, 6.07) is 1.29. The molecular formula is C16H21F4N3O3S. The minimum Gasteiger partial charge on any atom is -0.324 e. The molecule has 1 aromatic rings. The molecule has 0 saturated carbocycles. The molecule has 152 valence electrons. The zero-order valence-electron chi connectivity index (χ0n) is 14.8. The number of nitrogens with one attached hydrogen (secondary N) is 2. The van der Waals surface area contributed by atoms with Crippen LogP contribution in [0.1, 0.15) is 32.3 Å². The third-order valence-electron chi connectivity index (χ3n) is 4.26. The van der Waals surface area contributed by atoms with E-state index in [2.05, 4.69) is 10.0 Å². The Hall–Kier alpha value is -1.88. The molecule has 0 bridgehead atoms. The van der Waals surface area contributed by atoms with E-state index in [9.17, 15) is 30.8 Å². The fourth-order valence-electron chi connectivity index (χ4n) is 2.59. The summed E-state index contributed by atoms with van der Waals surface area (Å²) in [4.78, 5) is 13.6. The molecule has 0 unspecified atom stereocenters. The normalized spacial score (nSPS) is 16.6. The smallest absolute Gasteiger partial charge is 0.324 e. The van der Waals surface area contributed by atoms with Gasteiger partial charge in [0, 0.05) is 24.8 Å². The minimum atomic E-state index is -4.81. The SMILES string of the molecule is CC(C)S(=O)(=O)NC1CCN(C(=O)Nc2ccc(C(F)(F)F)c(F)c2)CC1. The maximum absolute atomic E-state index is 13.6. The highest BCUT2D eigenvalue weighted by molar-refractivity contribution is 7.90. The second-order valence-electron chi connectivity index (χ2n) is 6.60. The van der Waals surface area contributed by atoms with E-state index in [-0.39, 0.29) is 24.8 Å². The molecule has 0 aliphatic carbocycles. The molecule has 27 heavy (non-hydrogen) atoms. The average Bonchev–Trinajstić information content (AvgIpc) is 2.53. The van der Waals surface area contributed by atoms with Crippen molar-refractivity contribution in [2.45, 2.75) is 44.2 Å². The molecule has 1 aromatic carbocycles. The van der Waals surface area contributed by atoms with Crippen LogP contribution in [0.4, 0.5) is 28.0 Å². The summed E-state index contributed by atoms with van der Waals surface area (Å²) in [6.07, 6.45) is -4.00. The molecule has 1 aliphatic rings. The first-order valence-corrected chi connectivity index (χ1v) is 9.88. The molecular weight excluding hydrogens is 390 g/mol. The zero-order valence-corrected chi connectivity index (χ0v) is 15.6. The number of nitrogens with zero attached hydrogens (tertiary/aromatic N) is 1. The van der Waals surface area contributed by atoms with Crippen LogP contribution in [0.5, 0.6) is 0 Å². The summed E-state index contributed by atoms with van der Waals surface area (Å²) < 4.78 is 77.5. The number of urea groups is 1. The standard InChI is InChI=1S/C16H21F4N3O3S/c1-10(2)27(25,26)22-11-5-7-23(8-6-11)15(24)21-12-3-4-13(14(17)9-12)16(18,19)20/h3-4,9-11,22H,5-8H2,1-2H3,(H,21,24). The predicted molar refractivity (Wildman–Crippen MR) is 92.2 cm³/mol. The summed E-state index contributed by atoms with van der Waals surface area (Å²) >= 11 is 0. The number of rotatable bonds is 4. The second kappa shape index (κ2) is 8.01. The number of anilines is 1. The molecule has 1 saturated heterocycles. The Morgan fingerprint density at radius 1 is 1.22 bits per heavy atom. The van der Waals surface area contributed by atoms with Gasteiger partial charge in [0.1, 0.15) is 5.82 Å². The van der Waals surface area contributed by atoms with Crippen LogP contribution in [0.15, 0.2) is 18.2 Å². The van der Waals surface area contributed by atoms with E-state index >= 15 is 0 Å². The van der Waals surface area contributed by atoms with Gasteiger partial charge in [-0.2, -0.15) is 13.2 Å². The molecule has 0 radical (unpaired) electrons. The maximum atomic E-state index is 13.6. The van der Waals surface area contributed by atoms with Gasteiger partial charge in [-0.15, -0.1) is 0 Å². The molecule has 1 heterocycles. The van der Waals surface area contributed by atoms with Gasteiger partial charge < -0.3 is 10.2 Å². The number of carbonyl (C=O) groups excluding carboxylic acids is 1. The first-order chi connectivity index (χ1) is 12.4. The number of piperidine rings is 1. The van der Waals surface area contributed by atoms with E-state index in [0.29, 0.717) is 25.0 Å². The third kappa shape index (κ3) is 5.55. The Kier molecular flexibility index (Phi) is 6.35. The van der Waals surface area contributed by atoms with E-state index in [1.165, 1.54) is 4.90 Å². The number of hydrogen-bond donors (Lipinski definition) is 2. The Morgan fingerprint density at radius 2 is 1.81 bits per heavy atom. The van der Waals surface area contributed by atoms with Crippen molar-refractivity contribution < 1.29 is 30.8 Å². The molecule has 1 aliphatic heterocycles. The van der Waals surface area contributed by atoms with Gasteiger partial charge in [-0.25, -0.2) is 22.3 Å². The van der Waals surface area contributed by atoms with Crippen LogP contribution in [0.2, 0.25) is 0 Å². The molecule has 0 aromatic heterocycles. The number of carbonyl (C=O) groups is 1. The van der Waals surface area contributed by atoms with Crippen molar-refractivity contribution in [2.75, 3.05) is 18.4 Å². The second-order valence-corrected chi connectivity index (χ2v) is 8.86. The lowest BCUT2D eigenvalue weighted by Gasteiger charge is -2.32. The Morgan fingerprint density at radius 3 is 2.30 bits per heavy atom. The van der Waals surface area contributed by atoms with Crippen LogP contribution >= 0.6 is 0 Å². The predicted octanol–water partition coefficient (Wildman–Crippen LogP) is 3.17.